The number of fused-ring (bicyclic) bond motifs is 1. The van der Waals surface area contributed by atoms with Gasteiger partial charge in [0.05, 0.1) is 16.4 Å². The molecule has 106 valence electrons. The third kappa shape index (κ3) is 2.74. The lowest BCUT2D eigenvalue weighted by atomic mass is 10.1. The van der Waals surface area contributed by atoms with Crippen molar-refractivity contribution < 1.29 is 4.79 Å². The van der Waals surface area contributed by atoms with E-state index in [4.69, 9.17) is 11.6 Å². The summed E-state index contributed by atoms with van der Waals surface area (Å²) in [7, 11) is 0. The van der Waals surface area contributed by atoms with Gasteiger partial charge in [0, 0.05) is 13.6 Å². The molecule has 1 heterocycles. The Labute approximate surface area is 149 Å². The van der Waals surface area contributed by atoms with Gasteiger partial charge in [-0.1, -0.05) is 11.6 Å². The fraction of sp³-hybridized carbons (Fsp3) is 0.0667. The first-order valence-electron chi connectivity index (χ1n) is 6.12. The van der Waals surface area contributed by atoms with Crippen LogP contribution in [-0.4, -0.2) is 11.6 Å². The number of rotatable bonds is 1. The van der Waals surface area contributed by atoms with Crippen LogP contribution in [0.4, 0.5) is 11.4 Å². The summed E-state index contributed by atoms with van der Waals surface area (Å²) in [6.07, 6.45) is 0. The van der Waals surface area contributed by atoms with Crippen molar-refractivity contribution in [2.45, 2.75) is 6.92 Å². The minimum absolute atomic E-state index is 0.208. The molecule has 0 atom stereocenters. The molecule has 0 aromatic heterocycles. The maximum atomic E-state index is 12.2. The summed E-state index contributed by atoms with van der Waals surface area (Å²) in [5, 5.41) is 3.44. The lowest BCUT2D eigenvalue weighted by Gasteiger charge is -2.07. The SMILES string of the molecule is Cc1c(Cl)c(Br)cc2c1NC(=O)C2=Nc1ccc(I)cc1. The van der Waals surface area contributed by atoms with Crippen molar-refractivity contribution in [3.63, 3.8) is 0 Å². The van der Waals surface area contributed by atoms with Crippen molar-refractivity contribution in [2.24, 2.45) is 4.99 Å². The molecule has 3 nitrogen and oxygen atoms in total. The van der Waals surface area contributed by atoms with Crippen LogP contribution in [-0.2, 0) is 4.79 Å². The highest BCUT2D eigenvalue weighted by Crippen LogP contribution is 2.38. The van der Waals surface area contributed by atoms with E-state index >= 15 is 0 Å². The number of anilines is 1. The number of hydrogen-bond donors (Lipinski definition) is 1. The smallest absolute Gasteiger partial charge is 0.275 e. The van der Waals surface area contributed by atoms with E-state index in [1.54, 1.807) is 0 Å². The molecular formula is C15H9BrClIN2O. The lowest BCUT2D eigenvalue weighted by Crippen LogP contribution is -2.13. The predicted molar refractivity (Wildman–Crippen MR) is 97.9 cm³/mol. The van der Waals surface area contributed by atoms with Gasteiger partial charge in [-0.25, -0.2) is 4.99 Å². The minimum atomic E-state index is -0.208. The molecule has 0 spiro atoms. The zero-order valence-electron chi connectivity index (χ0n) is 10.9. The fourth-order valence-electron chi connectivity index (χ4n) is 2.15. The van der Waals surface area contributed by atoms with Crippen LogP contribution < -0.4 is 5.32 Å². The van der Waals surface area contributed by atoms with Crippen LogP contribution in [0.1, 0.15) is 11.1 Å². The minimum Gasteiger partial charge on any atom is -0.320 e. The third-order valence-corrected chi connectivity index (χ3v) is 5.29. The van der Waals surface area contributed by atoms with Crippen LogP contribution in [0.15, 0.2) is 39.8 Å². The number of amides is 1. The zero-order chi connectivity index (χ0) is 15.1. The average molecular weight is 476 g/mol. The molecule has 6 heteroatoms. The largest absolute Gasteiger partial charge is 0.320 e. The average Bonchev–Trinajstić information content (AvgIpc) is 2.76. The van der Waals surface area contributed by atoms with Crippen LogP contribution >= 0.6 is 50.1 Å². The third-order valence-electron chi connectivity index (χ3n) is 3.23. The van der Waals surface area contributed by atoms with Crippen molar-refractivity contribution in [2.75, 3.05) is 5.32 Å². The molecule has 2 aromatic rings. The number of benzene rings is 2. The molecule has 0 saturated heterocycles. The van der Waals surface area contributed by atoms with Crippen LogP contribution in [0.3, 0.4) is 0 Å². The van der Waals surface area contributed by atoms with E-state index in [2.05, 4.69) is 48.8 Å². The van der Waals surface area contributed by atoms with Crippen molar-refractivity contribution in [3.05, 3.63) is 54.5 Å². The van der Waals surface area contributed by atoms with Crippen molar-refractivity contribution >= 4 is 73.1 Å². The van der Waals surface area contributed by atoms with Crippen molar-refractivity contribution in [3.8, 4) is 0 Å². The first-order valence-corrected chi connectivity index (χ1v) is 8.37. The number of carbonyl (C=O) groups is 1. The molecule has 0 aliphatic carbocycles. The van der Waals surface area contributed by atoms with Gasteiger partial charge in [0.1, 0.15) is 5.71 Å². The standard InChI is InChI=1S/C15H9BrClIN2O/c1-7-12(17)11(16)6-10-13(7)20-15(21)14(10)19-9-4-2-8(18)3-5-9/h2-6H,1H3,(H,19,20,21). The second-order valence-corrected chi connectivity index (χ2v) is 7.09. The Kier molecular flexibility index (Phi) is 4.07. The number of carbonyl (C=O) groups excluding carboxylic acids is 1. The normalized spacial score (nSPS) is 15.2. The van der Waals surface area contributed by atoms with Crippen molar-refractivity contribution in [1.29, 1.82) is 0 Å². The second kappa shape index (κ2) is 5.70. The molecule has 21 heavy (non-hydrogen) atoms. The number of nitrogens with one attached hydrogen (secondary N) is 1. The fourth-order valence-corrected chi connectivity index (χ4v) is 3.19. The molecule has 0 unspecified atom stereocenters. The highest BCUT2D eigenvalue weighted by Gasteiger charge is 2.29. The van der Waals surface area contributed by atoms with Gasteiger partial charge in [0.25, 0.3) is 5.91 Å². The van der Waals surface area contributed by atoms with Crippen LogP contribution in [0, 0.1) is 10.5 Å². The molecule has 0 fully saturated rings. The summed E-state index contributed by atoms with van der Waals surface area (Å²) in [5.41, 5.74) is 3.50. The molecule has 1 aliphatic heterocycles. The van der Waals surface area contributed by atoms with E-state index in [1.807, 2.05) is 37.3 Å². The highest BCUT2D eigenvalue weighted by molar-refractivity contribution is 14.1. The van der Waals surface area contributed by atoms with E-state index < -0.39 is 0 Å². The topological polar surface area (TPSA) is 41.5 Å². The van der Waals surface area contributed by atoms with Gasteiger partial charge in [0.15, 0.2) is 0 Å². The van der Waals surface area contributed by atoms with Crippen LogP contribution in [0.25, 0.3) is 0 Å². The predicted octanol–water partition coefficient (Wildman–Crippen LogP) is 5.09. The molecule has 1 N–H and O–H groups in total. The Hall–Kier alpha value is -0.920. The van der Waals surface area contributed by atoms with Gasteiger partial charge < -0.3 is 5.32 Å². The van der Waals surface area contributed by atoms with Crippen molar-refractivity contribution in [1.82, 2.24) is 0 Å². The van der Waals surface area contributed by atoms with E-state index in [9.17, 15) is 4.79 Å². The molecule has 0 radical (unpaired) electrons. The molecule has 2 aromatic carbocycles. The Bertz CT molecular complexity index is 787. The number of aliphatic imine (C=N–C) groups is 1. The molecule has 3 rings (SSSR count). The molecule has 0 bridgehead atoms. The maximum absolute atomic E-state index is 12.2. The van der Waals surface area contributed by atoms with Gasteiger partial charge in [-0.3, -0.25) is 4.79 Å². The van der Waals surface area contributed by atoms with Gasteiger partial charge in [0.2, 0.25) is 0 Å². The number of halogens is 3. The number of nitrogens with zero attached hydrogens (tertiary/aromatic N) is 1. The maximum Gasteiger partial charge on any atom is 0.275 e. The Balaban J connectivity index is 2.15. The van der Waals surface area contributed by atoms with E-state index in [0.717, 1.165) is 30.5 Å². The Morgan fingerprint density at radius 2 is 1.95 bits per heavy atom. The second-order valence-electron chi connectivity index (χ2n) is 4.61. The first-order chi connectivity index (χ1) is 9.97. The lowest BCUT2D eigenvalue weighted by molar-refractivity contribution is -0.110. The summed E-state index contributed by atoms with van der Waals surface area (Å²) < 4.78 is 1.88. The van der Waals surface area contributed by atoms with E-state index in [-0.39, 0.29) is 5.91 Å². The summed E-state index contributed by atoms with van der Waals surface area (Å²) in [6, 6.07) is 9.51. The number of hydrogen-bond acceptors (Lipinski definition) is 2. The summed E-state index contributed by atoms with van der Waals surface area (Å²) in [4.78, 5) is 16.6. The molecule has 0 saturated carbocycles. The summed E-state index contributed by atoms with van der Waals surface area (Å²) in [5.74, 6) is -0.208. The van der Waals surface area contributed by atoms with Gasteiger partial charge in [-0.2, -0.15) is 0 Å². The molecule has 1 aliphatic rings. The quantitative estimate of drug-likeness (QED) is 0.574. The van der Waals surface area contributed by atoms with Crippen LogP contribution in [0.2, 0.25) is 5.02 Å². The molecular weight excluding hydrogens is 466 g/mol. The van der Waals surface area contributed by atoms with Crippen LogP contribution in [0.5, 0.6) is 0 Å². The first kappa shape index (κ1) is 15.0. The van der Waals surface area contributed by atoms with E-state index in [0.29, 0.717) is 10.7 Å². The van der Waals surface area contributed by atoms with Gasteiger partial charge >= 0.3 is 0 Å². The van der Waals surface area contributed by atoms with Gasteiger partial charge in [-0.15, -0.1) is 0 Å². The van der Waals surface area contributed by atoms with E-state index in [1.165, 1.54) is 0 Å². The summed E-state index contributed by atoms with van der Waals surface area (Å²) >= 11 is 11.8. The van der Waals surface area contributed by atoms with Gasteiger partial charge in [-0.05, 0) is 81.3 Å². The zero-order valence-corrected chi connectivity index (χ0v) is 15.4. The highest BCUT2D eigenvalue weighted by atomic mass is 127. The Morgan fingerprint density at radius 3 is 2.62 bits per heavy atom. The summed E-state index contributed by atoms with van der Waals surface area (Å²) in [6.45, 7) is 1.88. The monoisotopic (exact) mass is 474 g/mol. The Morgan fingerprint density at radius 1 is 1.29 bits per heavy atom. The molecule has 1 amide bonds.